The molecule has 0 saturated heterocycles. The quantitative estimate of drug-likeness (QED) is 0.482. The van der Waals surface area contributed by atoms with Crippen LogP contribution in [0.5, 0.6) is 0 Å². The Morgan fingerprint density at radius 2 is 1.80 bits per heavy atom. The topological polar surface area (TPSA) is 14.1 Å². The molecule has 1 nitrogen and oxygen atoms in total. The van der Waals surface area contributed by atoms with Crippen LogP contribution in [0.1, 0.15) is 19.5 Å². The van der Waals surface area contributed by atoms with Gasteiger partial charge in [0.1, 0.15) is 0 Å². The van der Waals surface area contributed by atoms with Crippen molar-refractivity contribution in [3.8, 4) is 0 Å². The van der Waals surface area contributed by atoms with Crippen molar-refractivity contribution in [3.63, 3.8) is 0 Å². The molecule has 0 aliphatic rings. The Hall–Kier alpha value is 0.266. The smallest absolute Gasteiger partial charge is 0.346 e. The summed E-state index contributed by atoms with van der Waals surface area (Å²) < 4.78 is 0. The van der Waals surface area contributed by atoms with E-state index < -0.39 is 0 Å². The van der Waals surface area contributed by atoms with Crippen LogP contribution in [0.15, 0.2) is 36.5 Å². The van der Waals surface area contributed by atoms with Crippen LogP contribution in [0.2, 0.25) is 0 Å². The molecule has 2 aromatic rings. The molecular weight excluding hydrogens is 209 g/mol. The molecule has 1 heterocycles. The predicted octanol–water partition coefficient (Wildman–Crippen LogP) is 0.0607. The van der Waals surface area contributed by atoms with E-state index in [4.69, 9.17) is 0 Å². The number of H-pyrrole nitrogens is 1. The molecule has 0 radical (unpaired) electrons. The zero-order chi connectivity index (χ0) is 10.4. The second-order valence-electron chi connectivity index (χ2n) is 2.90. The average molecular weight is 226 g/mol. The van der Waals surface area contributed by atoms with Crippen LogP contribution in [0, 0.1) is 6.92 Å². The first-order valence-electron chi connectivity index (χ1n) is 5.01. The summed E-state index contributed by atoms with van der Waals surface area (Å²) in [4.78, 5) is 3.26. The zero-order valence-corrected chi connectivity index (χ0v) is 13.0. The van der Waals surface area contributed by atoms with Gasteiger partial charge in [-0.2, -0.15) is 6.92 Å². The molecule has 74 valence electrons. The summed E-state index contributed by atoms with van der Waals surface area (Å²) in [6.07, 6.45) is 3.06. The van der Waals surface area contributed by atoms with Gasteiger partial charge in [0.15, 0.2) is 11.9 Å². The standard InChI is InChI=1S/C11H11N.C2H5.K/c1-2-11-10-6-4-3-5-9(10)7-8-12-11;1-2;/h3-8H,2H2,1H3;1H2,2H3;/q;-1;+1/p+1. The van der Waals surface area contributed by atoms with Crippen LogP contribution in [0.3, 0.4) is 0 Å². The van der Waals surface area contributed by atoms with Gasteiger partial charge >= 0.3 is 51.4 Å². The van der Waals surface area contributed by atoms with Crippen LogP contribution in [-0.4, -0.2) is 0 Å². The van der Waals surface area contributed by atoms with Crippen molar-refractivity contribution in [1.29, 1.82) is 0 Å². The molecule has 0 bridgehead atoms. The maximum Gasteiger partial charge on any atom is 1.00 e. The van der Waals surface area contributed by atoms with E-state index in [9.17, 15) is 0 Å². The summed E-state index contributed by atoms with van der Waals surface area (Å²) in [5.41, 5.74) is 1.31. The molecule has 1 N–H and O–H groups in total. The maximum atomic E-state index is 3.26. The van der Waals surface area contributed by atoms with E-state index in [0.29, 0.717) is 0 Å². The van der Waals surface area contributed by atoms with E-state index in [1.54, 1.807) is 6.92 Å². The molecule has 0 aliphatic carbocycles. The van der Waals surface area contributed by atoms with Gasteiger partial charge in [0.25, 0.3) is 0 Å². The summed E-state index contributed by atoms with van der Waals surface area (Å²) in [6.45, 7) is 7.16. The number of pyridine rings is 1. The molecule has 1 aromatic carbocycles. The Bertz CT molecular complexity index is 393. The molecule has 0 fully saturated rings. The molecule has 0 unspecified atom stereocenters. The Labute approximate surface area is 135 Å². The molecule has 15 heavy (non-hydrogen) atoms. The van der Waals surface area contributed by atoms with E-state index in [2.05, 4.69) is 49.2 Å². The van der Waals surface area contributed by atoms with Gasteiger partial charge in [0, 0.05) is 17.9 Å². The number of aromatic nitrogens is 1. The van der Waals surface area contributed by atoms with E-state index in [1.165, 1.54) is 16.5 Å². The minimum Gasteiger partial charge on any atom is -0.346 e. The van der Waals surface area contributed by atoms with Crippen molar-refractivity contribution in [2.45, 2.75) is 20.3 Å². The first-order chi connectivity index (χ1) is 6.92. The number of rotatable bonds is 1. The zero-order valence-electron chi connectivity index (χ0n) is 9.88. The van der Waals surface area contributed by atoms with Gasteiger partial charge in [0.05, 0.1) is 0 Å². The fourth-order valence-electron chi connectivity index (χ4n) is 1.52. The number of hydrogen-bond acceptors (Lipinski definition) is 0. The minimum atomic E-state index is 0. The van der Waals surface area contributed by atoms with E-state index >= 15 is 0 Å². The summed E-state index contributed by atoms with van der Waals surface area (Å²) in [6, 6.07) is 10.6. The van der Waals surface area contributed by atoms with Crippen molar-refractivity contribution in [1.82, 2.24) is 0 Å². The Balaban J connectivity index is 0.000000617. The van der Waals surface area contributed by atoms with Crippen LogP contribution < -0.4 is 56.4 Å². The summed E-state index contributed by atoms with van der Waals surface area (Å²) in [5.74, 6) is 0. The van der Waals surface area contributed by atoms with Crippen LogP contribution in [0.25, 0.3) is 10.8 Å². The van der Waals surface area contributed by atoms with Crippen molar-refractivity contribution in [3.05, 3.63) is 49.1 Å². The molecule has 1 aromatic heterocycles. The third kappa shape index (κ3) is 3.97. The van der Waals surface area contributed by atoms with E-state index in [0.717, 1.165) is 6.42 Å². The largest absolute Gasteiger partial charge is 1.00 e. The van der Waals surface area contributed by atoms with Crippen LogP contribution >= 0.6 is 0 Å². The Morgan fingerprint density at radius 3 is 2.47 bits per heavy atom. The van der Waals surface area contributed by atoms with Crippen LogP contribution in [-0.2, 0) is 6.42 Å². The van der Waals surface area contributed by atoms with Crippen molar-refractivity contribution >= 4 is 10.8 Å². The number of aromatic amines is 1. The third-order valence-corrected chi connectivity index (χ3v) is 2.16. The Kier molecular flexibility index (Phi) is 8.57. The number of fused-ring (bicyclic) bond motifs is 1. The Morgan fingerprint density at radius 1 is 1.13 bits per heavy atom. The molecule has 2 heteroatoms. The second-order valence-corrected chi connectivity index (χ2v) is 2.90. The van der Waals surface area contributed by atoms with Crippen molar-refractivity contribution in [2.75, 3.05) is 0 Å². The van der Waals surface area contributed by atoms with E-state index in [1.807, 2.05) is 6.20 Å². The van der Waals surface area contributed by atoms with E-state index in [-0.39, 0.29) is 51.4 Å². The van der Waals surface area contributed by atoms with Gasteiger partial charge < -0.3 is 6.92 Å². The SMILES string of the molecule is CCc1[nH+]ccc2ccccc12.[CH2-]C.[K+]. The molecule has 0 aliphatic heterocycles. The second kappa shape index (κ2) is 8.42. The number of hydrogen-bond donors (Lipinski definition) is 0. The molecule has 0 spiro atoms. The average Bonchev–Trinajstić information content (AvgIpc) is 2.31. The molecule has 0 amide bonds. The van der Waals surface area contributed by atoms with Crippen LogP contribution in [0.4, 0.5) is 0 Å². The predicted molar refractivity (Wildman–Crippen MR) is 60.9 cm³/mol. The van der Waals surface area contributed by atoms with Gasteiger partial charge in [-0.15, -0.1) is 0 Å². The minimum absolute atomic E-state index is 0. The van der Waals surface area contributed by atoms with Crippen molar-refractivity contribution < 1.29 is 56.4 Å². The molecule has 0 saturated carbocycles. The van der Waals surface area contributed by atoms with Gasteiger partial charge in [0.2, 0.25) is 0 Å². The normalized spacial score (nSPS) is 8.73. The van der Waals surface area contributed by atoms with Gasteiger partial charge in [-0.3, -0.25) is 0 Å². The summed E-state index contributed by atoms with van der Waals surface area (Å²) in [7, 11) is 0. The molecule has 0 atom stereocenters. The van der Waals surface area contributed by atoms with Gasteiger partial charge in [-0.25, -0.2) is 4.98 Å². The number of nitrogens with one attached hydrogen (secondary N) is 1. The molecular formula is C13H17KN+. The van der Waals surface area contributed by atoms with Gasteiger partial charge in [-0.1, -0.05) is 25.1 Å². The summed E-state index contributed by atoms with van der Waals surface area (Å²) in [5, 5.41) is 2.65. The fourth-order valence-corrected chi connectivity index (χ4v) is 1.52. The first-order valence-corrected chi connectivity index (χ1v) is 5.01. The molecule has 2 rings (SSSR count). The van der Waals surface area contributed by atoms with Gasteiger partial charge in [-0.05, 0) is 11.5 Å². The fraction of sp³-hybridized carbons (Fsp3) is 0.231. The monoisotopic (exact) mass is 226 g/mol. The third-order valence-electron chi connectivity index (χ3n) is 2.16. The summed E-state index contributed by atoms with van der Waals surface area (Å²) >= 11 is 0. The maximum absolute atomic E-state index is 3.26. The number of aryl methyl sites for hydroxylation is 1. The number of benzene rings is 1. The first kappa shape index (κ1) is 15.3. The van der Waals surface area contributed by atoms with Crippen molar-refractivity contribution in [2.24, 2.45) is 0 Å².